The van der Waals surface area contributed by atoms with Crippen LogP contribution in [-0.2, 0) is 0 Å². The summed E-state index contributed by atoms with van der Waals surface area (Å²) in [5.74, 6) is -0.0499. The van der Waals surface area contributed by atoms with E-state index in [2.05, 4.69) is 15.5 Å². The maximum absolute atomic E-state index is 12.3. The van der Waals surface area contributed by atoms with Crippen molar-refractivity contribution < 1.29 is 4.79 Å². The number of nitrogens with one attached hydrogen (secondary N) is 1. The SMILES string of the molecule is O=C(Nc1nncn1C1CC1)c1c(Cl)cc(Cl)cc1Cl. The normalized spacial score (nSPS) is 14.3. The van der Waals surface area contributed by atoms with E-state index in [4.69, 9.17) is 34.8 Å². The van der Waals surface area contributed by atoms with Gasteiger partial charge in [0.1, 0.15) is 6.33 Å². The summed E-state index contributed by atoms with van der Waals surface area (Å²) >= 11 is 17.8. The van der Waals surface area contributed by atoms with Crippen molar-refractivity contribution in [1.29, 1.82) is 0 Å². The maximum Gasteiger partial charge on any atom is 0.261 e. The summed E-state index contributed by atoms with van der Waals surface area (Å²) in [4.78, 5) is 12.3. The average Bonchev–Trinajstić information content (AvgIpc) is 3.09. The fourth-order valence-electron chi connectivity index (χ4n) is 1.88. The first-order chi connectivity index (χ1) is 9.56. The van der Waals surface area contributed by atoms with Crippen molar-refractivity contribution in [2.75, 3.05) is 5.32 Å². The standard InChI is InChI=1S/C12H9Cl3N4O/c13-6-3-8(14)10(9(15)4-6)11(20)17-12-18-16-5-19(12)7-1-2-7/h3-5,7H,1-2H2,(H,17,18,20). The van der Waals surface area contributed by atoms with Crippen LogP contribution >= 0.6 is 34.8 Å². The zero-order valence-electron chi connectivity index (χ0n) is 10.1. The van der Waals surface area contributed by atoms with Crippen LogP contribution in [0.3, 0.4) is 0 Å². The highest BCUT2D eigenvalue weighted by molar-refractivity contribution is 6.42. The van der Waals surface area contributed by atoms with Gasteiger partial charge in [-0.25, -0.2) is 0 Å². The van der Waals surface area contributed by atoms with E-state index in [1.54, 1.807) is 6.33 Å². The van der Waals surface area contributed by atoms with E-state index in [-0.39, 0.29) is 15.6 Å². The van der Waals surface area contributed by atoms with E-state index < -0.39 is 5.91 Å². The Labute approximate surface area is 129 Å². The van der Waals surface area contributed by atoms with Gasteiger partial charge in [-0.1, -0.05) is 34.8 Å². The molecule has 1 saturated carbocycles. The predicted octanol–water partition coefficient (Wildman–Crippen LogP) is 3.83. The van der Waals surface area contributed by atoms with Crippen molar-refractivity contribution in [3.63, 3.8) is 0 Å². The Bertz CT molecular complexity index is 658. The summed E-state index contributed by atoms with van der Waals surface area (Å²) in [6.45, 7) is 0. The highest BCUT2D eigenvalue weighted by Crippen LogP contribution is 2.36. The van der Waals surface area contributed by atoms with Crippen molar-refractivity contribution >= 4 is 46.7 Å². The molecule has 104 valence electrons. The number of nitrogens with zero attached hydrogens (tertiary/aromatic N) is 3. The maximum atomic E-state index is 12.3. The quantitative estimate of drug-likeness (QED) is 0.930. The summed E-state index contributed by atoms with van der Waals surface area (Å²) < 4.78 is 1.83. The van der Waals surface area contributed by atoms with Crippen molar-refractivity contribution in [2.24, 2.45) is 0 Å². The molecule has 2 aromatic rings. The van der Waals surface area contributed by atoms with Gasteiger partial charge in [-0.3, -0.25) is 14.7 Å². The first kappa shape index (κ1) is 13.7. The third-order valence-corrected chi connectivity index (χ3v) is 3.79. The first-order valence-corrected chi connectivity index (χ1v) is 7.05. The molecule has 0 atom stereocenters. The summed E-state index contributed by atoms with van der Waals surface area (Å²) in [5.41, 5.74) is 0.170. The number of aromatic nitrogens is 3. The summed E-state index contributed by atoms with van der Waals surface area (Å²) in [6.07, 6.45) is 3.71. The molecule has 1 fully saturated rings. The molecule has 0 aliphatic heterocycles. The molecule has 1 heterocycles. The van der Waals surface area contributed by atoms with Gasteiger partial charge in [0.2, 0.25) is 5.95 Å². The number of benzene rings is 1. The lowest BCUT2D eigenvalue weighted by molar-refractivity contribution is 0.102. The van der Waals surface area contributed by atoms with Gasteiger partial charge in [0.05, 0.1) is 15.6 Å². The van der Waals surface area contributed by atoms with Crippen LogP contribution in [0.4, 0.5) is 5.95 Å². The van der Waals surface area contributed by atoms with Crippen LogP contribution in [0, 0.1) is 0 Å². The van der Waals surface area contributed by atoms with Crippen molar-refractivity contribution in [3.05, 3.63) is 39.1 Å². The molecule has 1 N–H and O–H groups in total. The number of amides is 1. The van der Waals surface area contributed by atoms with Gasteiger partial charge >= 0.3 is 0 Å². The highest BCUT2D eigenvalue weighted by Gasteiger charge is 2.27. The Hall–Kier alpha value is -1.30. The number of halogens is 3. The molecular weight excluding hydrogens is 323 g/mol. The van der Waals surface area contributed by atoms with Gasteiger partial charge in [-0.15, -0.1) is 10.2 Å². The van der Waals surface area contributed by atoms with Crippen molar-refractivity contribution in [1.82, 2.24) is 14.8 Å². The Kier molecular flexibility index (Phi) is 3.58. The number of anilines is 1. The first-order valence-electron chi connectivity index (χ1n) is 5.91. The van der Waals surface area contributed by atoms with Crippen LogP contribution in [0.25, 0.3) is 0 Å². The van der Waals surface area contributed by atoms with Crippen LogP contribution in [-0.4, -0.2) is 20.7 Å². The van der Waals surface area contributed by atoms with Crippen molar-refractivity contribution in [2.45, 2.75) is 18.9 Å². The zero-order valence-corrected chi connectivity index (χ0v) is 12.4. The minimum atomic E-state index is -0.438. The Balaban J connectivity index is 1.88. The summed E-state index contributed by atoms with van der Waals surface area (Å²) in [5, 5.41) is 11.1. The summed E-state index contributed by atoms with van der Waals surface area (Å²) in [6, 6.07) is 3.29. The van der Waals surface area contributed by atoms with Crippen LogP contribution < -0.4 is 5.32 Å². The summed E-state index contributed by atoms with van der Waals surface area (Å²) in [7, 11) is 0. The molecule has 0 radical (unpaired) electrons. The smallest absolute Gasteiger partial charge is 0.261 e. The number of hydrogen-bond acceptors (Lipinski definition) is 3. The lowest BCUT2D eigenvalue weighted by atomic mass is 10.2. The lowest BCUT2D eigenvalue weighted by Gasteiger charge is -2.09. The second-order valence-corrected chi connectivity index (χ2v) is 5.74. The largest absolute Gasteiger partial charge is 0.297 e. The molecule has 3 rings (SSSR count). The molecule has 1 aromatic heterocycles. The van der Waals surface area contributed by atoms with Crippen LogP contribution in [0.5, 0.6) is 0 Å². The minimum absolute atomic E-state index is 0.170. The number of carbonyl (C=O) groups is 1. The van der Waals surface area contributed by atoms with Crippen LogP contribution in [0.2, 0.25) is 15.1 Å². The molecule has 1 amide bonds. The number of carbonyl (C=O) groups excluding carboxylic acids is 1. The van der Waals surface area contributed by atoms with Gasteiger partial charge in [-0.05, 0) is 25.0 Å². The second kappa shape index (κ2) is 5.24. The fraction of sp³-hybridized carbons (Fsp3) is 0.250. The van der Waals surface area contributed by atoms with E-state index in [0.29, 0.717) is 17.0 Å². The molecular formula is C12H9Cl3N4O. The lowest BCUT2D eigenvalue weighted by Crippen LogP contribution is -2.16. The van der Waals surface area contributed by atoms with E-state index in [1.165, 1.54) is 12.1 Å². The van der Waals surface area contributed by atoms with Gasteiger partial charge < -0.3 is 0 Å². The molecule has 1 aliphatic rings. The van der Waals surface area contributed by atoms with Gasteiger partial charge in [-0.2, -0.15) is 0 Å². The molecule has 0 bridgehead atoms. The second-order valence-electron chi connectivity index (χ2n) is 4.49. The van der Waals surface area contributed by atoms with E-state index >= 15 is 0 Å². The van der Waals surface area contributed by atoms with E-state index in [0.717, 1.165) is 12.8 Å². The van der Waals surface area contributed by atoms with Gasteiger partial charge in [0.15, 0.2) is 0 Å². The third-order valence-electron chi connectivity index (χ3n) is 2.97. The molecule has 8 heteroatoms. The molecule has 0 saturated heterocycles. The Morgan fingerprint density at radius 1 is 1.25 bits per heavy atom. The Morgan fingerprint density at radius 2 is 1.90 bits per heavy atom. The monoisotopic (exact) mass is 330 g/mol. The predicted molar refractivity (Wildman–Crippen MR) is 77.7 cm³/mol. The molecule has 20 heavy (non-hydrogen) atoms. The highest BCUT2D eigenvalue weighted by atomic mass is 35.5. The topological polar surface area (TPSA) is 59.8 Å². The third kappa shape index (κ3) is 2.61. The molecule has 1 aliphatic carbocycles. The fourth-order valence-corrected chi connectivity index (χ4v) is 2.86. The Morgan fingerprint density at radius 3 is 2.50 bits per heavy atom. The zero-order chi connectivity index (χ0) is 14.3. The average molecular weight is 332 g/mol. The minimum Gasteiger partial charge on any atom is -0.297 e. The van der Waals surface area contributed by atoms with Crippen LogP contribution in [0.1, 0.15) is 29.2 Å². The van der Waals surface area contributed by atoms with E-state index in [9.17, 15) is 4.79 Å². The molecule has 5 nitrogen and oxygen atoms in total. The molecule has 0 spiro atoms. The van der Waals surface area contributed by atoms with Crippen molar-refractivity contribution in [3.8, 4) is 0 Å². The molecule has 1 aromatic carbocycles. The van der Waals surface area contributed by atoms with Gasteiger partial charge in [0, 0.05) is 11.1 Å². The molecule has 0 unspecified atom stereocenters. The number of hydrogen-bond donors (Lipinski definition) is 1. The van der Waals surface area contributed by atoms with Crippen LogP contribution in [0.15, 0.2) is 18.5 Å². The van der Waals surface area contributed by atoms with E-state index in [1.807, 2.05) is 4.57 Å². The van der Waals surface area contributed by atoms with Gasteiger partial charge in [0.25, 0.3) is 5.91 Å². The number of rotatable bonds is 3.